The quantitative estimate of drug-likeness (QED) is 0.230. The van der Waals surface area contributed by atoms with Crippen molar-refractivity contribution in [3.63, 3.8) is 0 Å². The SMILES string of the molecule is CC(C)(O[Si](C)(C)[Si](C)(C)C)C(=O)c1ccc2c(c1)C(C)(C)c1cc(C(=O)c3ccccc3)ccc1O2. The monoisotopic (exact) mass is 530 g/mol. The molecule has 0 spiro atoms. The summed E-state index contributed by atoms with van der Waals surface area (Å²) in [5.74, 6) is 1.41. The van der Waals surface area contributed by atoms with Crippen LogP contribution in [-0.4, -0.2) is 32.6 Å². The highest BCUT2D eigenvalue weighted by molar-refractivity contribution is 7.37. The van der Waals surface area contributed by atoms with Gasteiger partial charge in [0.1, 0.15) is 17.1 Å². The summed E-state index contributed by atoms with van der Waals surface area (Å²) in [7, 11) is -3.57. The van der Waals surface area contributed by atoms with E-state index in [0.29, 0.717) is 16.7 Å². The summed E-state index contributed by atoms with van der Waals surface area (Å²) in [6.07, 6.45) is 0. The Hall–Kier alpha value is -2.81. The fourth-order valence-corrected chi connectivity index (χ4v) is 8.06. The number of hydrogen-bond acceptors (Lipinski definition) is 4. The average Bonchev–Trinajstić information content (AvgIpc) is 2.82. The number of hydrogen-bond donors (Lipinski definition) is 0. The van der Waals surface area contributed by atoms with Crippen LogP contribution >= 0.6 is 0 Å². The Kier molecular flexibility index (Phi) is 6.76. The van der Waals surface area contributed by atoms with Crippen molar-refractivity contribution in [2.24, 2.45) is 0 Å². The second kappa shape index (κ2) is 9.19. The predicted molar refractivity (Wildman–Crippen MR) is 155 cm³/mol. The van der Waals surface area contributed by atoms with E-state index in [4.69, 9.17) is 9.16 Å². The maximum absolute atomic E-state index is 13.7. The highest BCUT2D eigenvalue weighted by Gasteiger charge is 2.45. The van der Waals surface area contributed by atoms with Gasteiger partial charge >= 0.3 is 0 Å². The van der Waals surface area contributed by atoms with Gasteiger partial charge in [-0.25, -0.2) is 0 Å². The minimum Gasteiger partial charge on any atom is -0.457 e. The molecule has 0 fully saturated rings. The highest BCUT2D eigenvalue weighted by atomic mass is 29.3. The molecule has 1 heterocycles. The van der Waals surface area contributed by atoms with E-state index < -0.39 is 26.4 Å². The van der Waals surface area contributed by atoms with E-state index in [1.54, 1.807) is 0 Å². The summed E-state index contributed by atoms with van der Waals surface area (Å²) in [6.45, 7) is 19.4. The van der Waals surface area contributed by atoms with Crippen molar-refractivity contribution in [3.8, 4) is 11.5 Å². The first-order chi connectivity index (χ1) is 17.0. The lowest BCUT2D eigenvalue weighted by atomic mass is 9.74. The summed E-state index contributed by atoms with van der Waals surface area (Å²) in [4.78, 5) is 26.9. The molecule has 3 aromatic carbocycles. The van der Waals surface area contributed by atoms with Crippen LogP contribution in [0.25, 0.3) is 0 Å². The lowest BCUT2D eigenvalue weighted by Crippen LogP contribution is -2.59. The molecule has 4 rings (SSSR count). The molecule has 194 valence electrons. The Morgan fingerprint density at radius 2 is 1.27 bits per heavy atom. The summed E-state index contributed by atoms with van der Waals surface area (Å²) >= 11 is 0. The van der Waals surface area contributed by atoms with Crippen molar-refractivity contribution in [1.29, 1.82) is 0 Å². The van der Waals surface area contributed by atoms with Gasteiger partial charge in [0.2, 0.25) is 0 Å². The van der Waals surface area contributed by atoms with Crippen LogP contribution in [0.2, 0.25) is 32.7 Å². The predicted octanol–water partition coefficient (Wildman–Crippen LogP) is 7.95. The molecule has 37 heavy (non-hydrogen) atoms. The van der Waals surface area contributed by atoms with Crippen LogP contribution in [0.4, 0.5) is 0 Å². The lowest BCUT2D eigenvalue weighted by Gasteiger charge is -2.41. The molecule has 0 N–H and O–H groups in total. The van der Waals surface area contributed by atoms with Gasteiger partial charge in [0.05, 0.1) is 7.59 Å². The van der Waals surface area contributed by atoms with Gasteiger partial charge in [0, 0.05) is 33.2 Å². The zero-order chi connectivity index (χ0) is 27.4. The van der Waals surface area contributed by atoms with Crippen LogP contribution in [0.15, 0.2) is 66.7 Å². The van der Waals surface area contributed by atoms with Crippen molar-refractivity contribution in [1.82, 2.24) is 0 Å². The second-order valence-corrected chi connectivity index (χ2v) is 28.4. The van der Waals surface area contributed by atoms with Crippen molar-refractivity contribution in [2.75, 3.05) is 0 Å². The van der Waals surface area contributed by atoms with Gasteiger partial charge in [-0.05, 0) is 63.3 Å². The molecule has 0 radical (unpaired) electrons. The third-order valence-electron chi connectivity index (χ3n) is 7.95. The Balaban J connectivity index is 1.69. The van der Waals surface area contributed by atoms with Crippen molar-refractivity contribution in [2.45, 2.75) is 71.4 Å². The Bertz CT molecular complexity index is 1370. The second-order valence-electron chi connectivity index (χ2n) is 12.5. The number of ketones is 2. The molecule has 6 heteroatoms. The molecule has 0 aliphatic carbocycles. The highest BCUT2D eigenvalue weighted by Crippen LogP contribution is 2.48. The normalized spacial score (nSPS) is 14.8. The van der Waals surface area contributed by atoms with E-state index in [2.05, 4.69) is 46.6 Å². The minimum absolute atomic E-state index is 0.0243. The number of rotatable bonds is 7. The molecule has 0 unspecified atom stereocenters. The van der Waals surface area contributed by atoms with Crippen molar-refractivity contribution in [3.05, 3.63) is 94.5 Å². The average molecular weight is 531 g/mol. The van der Waals surface area contributed by atoms with E-state index >= 15 is 0 Å². The molecule has 3 aromatic rings. The van der Waals surface area contributed by atoms with E-state index in [-0.39, 0.29) is 11.6 Å². The third kappa shape index (κ3) is 5.02. The van der Waals surface area contributed by atoms with E-state index in [1.807, 2.05) is 80.6 Å². The van der Waals surface area contributed by atoms with E-state index in [1.165, 1.54) is 0 Å². The number of carbonyl (C=O) groups excluding carboxylic acids is 2. The minimum atomic E-state index is -2.02. The Morgan fingerprint density at radius 3 is 1.81 bits per heavy atom. The lowest BCUT2D eigenvalue weighted by molar-refractivity contribution is 0.0568. The van der Waals surface area contributed by atoms with Crippen LogP contribution in [-0.2, 0) is 9.84 Å². The molecule has 0 aromatic heterocycles. The number of ether oxygens (including phenoxy) is 1. The van der Waals surface area contributed by atoms with Crippen molar-refractivity contribution >= 4 is 27.0 Å². The molecule has 4 nitrogen and oxygen atoms in total. The number of fused-ring (bicyclic) bond motifs is 2. The molecule has 0 saturated carbocycles. The number of benzene rings is 3. The maximum Gasteiger partial charge on any atom is 0.193 e. The van der Waals surface area contributed by atoms with E-state index in [0.717, 1.165) is 22.6 Å². The van der Waals surface area contributed by atoms with Crippen molar-refractivity contribution < 1.29 is 18.8 Å². The smallest absolute Gasteiger partial charge is 0.193 e. The van der Waals surface area contributed by atoms with Crippen LogP contribution < -0.4 is 4.74 Å². The topological polar surface area (TPSA) is 52.6 Å². The fourth-order valence-electron chi connectivity index (χ4n) is 4.70. The Labute approximate surface area is 223 Å². The van der Waals surface area contributed by atoms with Gasteiger partial charge in [-0.15, -0.1) is 0 Å². The molecule has 0 saturated heterocycles. The van der Waals surface area contributed by atoms with Gasteiger partial charge < -0.3 is 9.16 Å². The molecule has 1 aliphatic heterocycles. The summed E-state index contributed by atoms with van der Waals surface area (Å²) < 4.78 is 12.9. The van der Waals surface area contributed by atoms with Crippen LogP contribution in [0.5, 0.6) is 11.5 Å². The summed E-state index contributed by atoms with van der Waals surface area (Å²) in [5.41, 5.74) is 2.34. The number of Topliss-reactive ketones (excluding diaryl/α,β-unsaturated/α-hetero) is 1. The van der Waals surface area contributed by atoms with Gasteiger partial charge in [0.25, 0.3) is 0 Å². The third-order valence-corrected chi connectivity index (χ3v) is 23.7. The van der Waals surface area contributed by atoms with Crippen LogP contribution in [0.3, 0.4) is 0 Å². The van der Waals surface area contributed by atoms with Crippen LogP contribution in [0.1, 0.15) is 65.1 Å². The Morgan fingerprint density at radius 1 is 0.757 bits per heavy atom. The number of carbonyl (C=O) groups is 2. The molecule has 0 bridgehead atoms. The molecule has 0 atom stereocenters. The van der Waals surface area contributed by atoms with Crippen LogP contribution in [0, 0.1) is 0 Å². The first-order valence-corrected chi connectivity index (χ1v) is 20.3. The fraction of sp³-hybridized carbons (Fsp3) is 0.355. The summed E-state index contributed by atoms with van der Waals surface area (Å²) in [6, 6.07) is 20.6. The largest absolute Gasteiger partial charge is 0.457 e. The first kappa shape index (κ1) is 27.2. The van der Waals surface area contributed by atoms with Gasteiger partial charge in [0.15, 0.2) is 19.4 Å². The first-order valence-electron chi connectivity index (χ1n) is 12.9. The molecule has 0 amide bonds. The standard InChI is InChI=1S/C31H38O4Si2/c1-30(2)24-19-22(28(32)21-13-11-10-12-14-21)15-17-26(24)34-27-18-16-23(20-25(27)30)29(33)31(3,4)35-37(8,9)36(5,6)7/h10-20H,1-9H3. The van der Waals surface area contributed by atoms with Gasteiger partial charge in [-0.1, -0.05) is 63.8 Å². The molecule has 1 aliphatic rings. The zero-order valence-corrected chi connectivity index (χ0v) is 25.5. The summed E-state index contributed by atoms with van der Waals surface area (Å²) in [5, 5.41) is 0. The van der Waals surface area contributed by atoms with Gasteiger partial charge in [-0.2, -0.15) is 0 Å². The van der Waals surface area contributed by atoms with Gasteiger partial charge in [-0.3, -0.25) is 9.59 Å². The maximum atomic E-state index is 13.7. The van der Waals surface area contributed by atoms with E-state index in [9.17, 15) is 9.59 Å². The zero-order valence-electron chi connectivity index (χ0n) is 23.5. The molecular weight excluding hydrogens is 493 g/mol. The molecular formula is C31H38O4Si2.